The third-order valence-corrected chi connectivity index (χ3v) is 4.28. The summed E-state index contributed by atoms with van der Waals surface area (Å²) in [6, 6.07) is 0. The maximum atomic E-state index is 10.8. The Hall–Kier alpha value is -2.61. The van der Waals surface area contributed by atoms with Gasteiger partial charge in [0, 0.05) is 5.21 Å². The number of hydrogen-bond acceptors (Lipinski definition) is 13. The van der Waals surface area contributed by atoms with Crippen molar-refractivity contribution in [1.82, 2.24) is 40.8 Å². The van der Waals surface area contributed by atoms with E-state index in [4.69, 9.17) is 0 Å². The molecule has 3 aromatic rings. The van der Waals surface area contributed by atoms with Gasteiger partial charge in [-0.2, -0.15) is 0 Å². The standard InChI is InChI=1S/C8H6N10O2S2/c1-21-8-11-5-7(22-8)10-3(12-13-5)2-9-4-6(18(19)20)15-17-16-14-4/h2H2,1H3,(H,9,14,17). The molecule has 12 nitrogen and oxygen atoms in total. The van der Waals surface area contributed by atoms with Crippen LogP contribution in [0.4, 0.5) is 11.6 Å². The zero-order valence-electron chi connectivity index (χ0n) is 10.9. The molecule has 3 aromatic heterocycles. The van der Waals surface area contributed by atoms with Gasteiger partial charge in [-0.05, 0) is 11.2 Å². The van der Waals surface area contributed by atoms with Crippen molar-refractivity contribution >= 4 is 45.2 Å². The Kier molecular flexibility index (Phi) is 3.92. The van der Waals surface area contributed by atoms with Gasteiger partial charge in [0.05, 0.1) is 11.8 Å². The van der Waals surface area contributed by atoms with Gasteiger partial charge in [0.2, 0.25) is 5.65 Å². The first-order chi connectivity index (χ1) is 10.7. The monoisotopic (exact) mass is 338 g/mol. The van der Waals surface area contributed by atoms with Crippen molar-refractivity contribution in [1.29, 1.82) is 0 Å². The van der Waals surface area contributed by atoms with E-state index >= 15 is 0 Å². The quantitative estimate of drug-likeness (QED) is 0.386. The Balaban J connectivity index is 1.80. The van der Waals surface area contributed by atoms with Crippen LogP contribution in [0.25, 0.3) is 10.5 Å². The zero-order chi connectivity index (χ0) is 15.5. The van der Waals surface area contributed by atoms with Gasteiger partial charge in [0.15, 0.2) is 15.0 Å². The fourth-order valence-electron chi connectivity index (χ4n) is 1.45. The number of aromatic nitrogens is 8. The van der Waals surface area contributed by atoms with Gasteiger partial charge in [-0.25, -0.2) is 9.97 Å². The van der Waals surface area contributed by atoms with Gasteiger partial charge in [-0.1, -0.05) is 23.1 Å². The molecule has 0 bridgehead atoms. The number of nitrogens with one attached hydrogen (secondary N) is 1. The highest BCUT2D eigenvalue weighted by molar-refractivity contribution is 8.00. The lowest BCUT2D eigenvalue weighted by Gasteiger charge is -2.02. The topological polar surface area (TPSA) is 158 Å². The first-order valence-corrected chi connectivity index (χ1v) is 7.70. The fraction of sp³-hybridized carbons (Fsp3) is 0.250. The Morgan fingerprint density at radius 1 is 1.23 bits per heavy atom. The summed E-state index contributed by atoms with van der Waals surface area (Å²) >= 11 is 2.88. The van der Waals surface area contributed by atoms with Crippen LogP contribution >= 0.6 is 23.1 Å². The number of rotatable bonds is 5. The number of nitro groups is 1. The minimum absolute atomic E-state index is 0.0800. The van der Waals surface area contributed by atoms with Crippen LogP contribution in [0.1, 0.15) is 5.82 Å². The van der Waals surface area contributed by atoms with Crippen LogP contribution in [-0.2, 0) is 6.54 Å². The largest absolute Gasteiger partial charge is 0.437 e. The Bertz CT molecular complexity index is 839. The van der Waals surface area contributed by atoms with Gasteiger partial charge in [-0.3, -0.25) is 0 Å². The van der Waals surface area contributed by atoms with Crippen LogP contribution in [0.3, 0.4) is 0 Å². The van der Waals surface area contributed by atoms with Gasteiger partial charge in [0.1, 0.15) is 5.10 Å². The minimum Gasteiger partial charge on any atom is -0.358 e. The Morgan fingerprint density at radius 2 is 2.05 bits per heavy atom. The van der Waals surface area contributed by atoms with E-state index in [1.54, 1.807) is 0 Å². The smallest absolute Gasteiger partial charge is 0.358 e. The average Bonchev–Trinajstić information content (AvgIpc) is 2.95. The molecule has 112 valence electrons. The molecule has 0 saturated carbocycles. The summed E-state index contributed by atoms with van der Waals surface area (Å²) in [5, 5.41) is 34.6. The van der Waals surface area contributed by atoms with Crippen LogP contribution < -0.4 is 5.32 Å². The highest BCUT2D eigenvalue weighted by atomic mass is 32.2. The summed E-state index contributed by atoms with van der Waals surface area (Å²) < 4.78 is 0.835. The second kappa shape index (κ2) is 6.02. The molecule has 22 heavy (non-hydrogen) atoms. The maximum Gasteiger partial charge on any atom is 0.437 e. The van der Waals surface area contributed by atoms with Gasteiger partial charge >= 0.3 is 5.82 Å². The third-order valence-electron chi connectivity index (χ3n) is 2.36. The predicted molar refractivity (Wildman–Crippen MR) is 76.4 cm³/mol. The van der Waals surface area contributed by atoms with Crippen molar-refractivity contribution in [3.05, 3.63) is 15.9 Å². The number of thiazole rings is 1. The van der Waals surface area contributed by atoms with E-state index in [-0.39, 0.29) is 12.4 Å². The van der Waals surface area contributed by atoms with E-state index < -0.39 is 10.7 Å². The summed E-state index contributed by atoms with van der Waals surface area (Å²) in [4.78, 5) is 19.2. The van der Waals surface area contributed by atoms with E-state index in [1.165, 1.54) is 23.1 Å². The number of nitrogens with zero attached hydrogens (tertiary/aromatic N) is 9. The Morgan fingerprint density at radius 3 is 2.82 bits per heavy atom. The zero-order valence-corrected chi connectivity index (χ0v) is 12.5. The molecule has 3 rings (SSSR count). The van der Waals surface area contributed by atoms with Crippen LogP contribution in [0.15, 0.2) is 4.34 Å². The summed E-state index contributed by atoms with van der Waals surface area (Å²) in [6.07, 6.45) is 1.90. The Labute approximate surface area is 129 Å². The third kappa shape index (κ3) is 2.86. The lowest BCUT2D eigenvalue weighted by atomic mass is 10.5. The lowest BCUT2D eigenvalue weighted by molar-refractivity contribution is -0.389. The highest BCUT2D eigenvalue weighted by Gasteiger charge is 2.19. The summed E-state index contributed by atoms with van der Waals surface area (Å²) in [7, 11) is 0. The molecule has 0 aromatic carbocycles. The van der Waals surface area contributed by atoms with Crippen LogP contribution in [0, 0.1) is 10.1 Å². The molecule has 14 heteroatoms. The average molecular weight is 338 g/mol. The molecule has 0 aliphatic rings. The first-order valence-electron chi connectivity index (χ1n) is 5.66. The molecular weight excluding hydrogens is 332 g/mol. The van der Waals surface area contributed by atoms with Crippen molar-refractivity contribution in [3.8, 4) is 0 Å². The van der Waals surface area contributed by atoms with Crippen molar-refractivity contribution in [3.63, 3.8) is 0 Å². The van der Waals surface area contributed by atoms with E-state index in [1.807, 2.05) is 6.26 Å². The first kappa shape index (κ1) is 14.3. The van der Waals surface area contributed by atoms with Crippen molar-refractivity contribution < 1.29 is 4.92 Å². The molecule has 0 radical (unpaired) electrons. The molecule has 0 spiro atoms. The van der Waals surface area contributed by atoms with E-state index in [0.29, 0.717) is 16.3 Å². The summed E-state index contributed by atoms with van der Waals surface area (Å²) in [5.41, 5.74) is 0.467. The molecule has 1 N–H and O–H groups in total. The molecular formula is C8H6N10O2S2. The van der Waals surface area contributed by atoms with Crippen molar-refractivity contribution in [2.45, 2.75) is 10.9 Å². The molecule has 0 saturated heterocycles. The molecule has 0 aliphatic heterocycles. The molecule has 0 unspecified atom stereocenters. The second-order valence-electron chi connectivity index (χ2n) is 3.70. The number of hydrogen-bond donors (Lipinski definition) is 1. The minimum atomic E-state index is -0.708. The lowest BCUT2D eigenvalue weighted by Crippen LogP contribution is -2.11. The van der Waals surface area contributed by atoms with Crippen LogP contribution in [-0.4, -0.2) is 52.0 Å². The predicted octanol–water partition coefficient (Wildman–Crippen LogP) is 0.304. The maximum absolute atomic E-state index is 10.8. The van der Waals surface area contributed by atoms with Crippen molar-refractivity contribution in [2.75, 3.05) is 11.6 Å². The highest BCUT2D eigenvalue weighted by Crippen LogP contribution is 2.25. The van der Waals surface area contributed by atoms with Gasteiger partial charge < -0.3 is 15.4 Å². The molecule has 0 amide bonds. The molecule has 0 aliphatic carbocycles. The SMILES string of the molecule is CSc1nc2nnc(CNc3nnnnc3[N+](=O)[O-])nc2s1. The van der Waals surface area contributed by atoms with E-state index in [0.717, 1.165) is 4.34 Å². The van der Waals surface area contributed by atoms with Crippen LogP contribution in [0.2, 0.25) is 0 Å². The second-order valence-corrected chi connectivity index (χ2v) is 5.73. The molecule has 3 heterocycles. The number of fused-ring (bicyclic) bond motifs is 1. The number of thioether (sulfide) groups is 1. The van der Waals surface area contributed by atoms with E-state index in [9.17, 15) is 10.1 Å². The normalized spacial score (nSPS) is 10.8. The molecule has 0 atom stereocenters. The van der Waals surface area contributed by atoms with Gasteiger partial charge in [0.25, 0.3) is 5.82 Å². The van der Waals surface area contributed by atoms with Crippen LogP contribution in [0.5, 0.6) is 0 Å². The molecule has 0 fully saturated rings. The summed E-state index contributed by atoms with van der Waals surface area (Å²) in [5.74, 6) is -0.291. The van der Waals surface area contributed by atoms with Gasteiger partial charge in [-0.15, -0.1) is 15.3 Å². The number of anilines is 1. The summed E-state index contributed by atoms with van der Waals surface area (Å²) in [6.45, 7) is 0.0800. The van der Waals surface area contributed by atoms with Crippen molar-refractivity contribution in [2.24, 2.45) is 0 Å². The fourth-order valence-corrected chi connectivity index (χ4v) is 2.82. The van der Waals surface area contributed by atoms with E-state index in [2.05, 4.69) is 46.1 Å².